The average Bonchev–Trinajstić information content (AvgIpc) is 2.96. The third-order valence-electron chi connectivity index (χ3n) is 4.49. The van der Waals surface area contributed by atoms with Crippen LogP contribution >= 0.6 is 0 Å². The number of hydrogen-bond acceptors (Lipinski definition) is 1. The first-order valence-corrected chi connectivity index (χ1v) is 8.30. The lowest BCUT2D eigenvalue weighted by Gasteiger charge is -2.25. The fourth-order valence-electron chi connectivity index (χ4n) is 3.42. The summed E-state index contributed by atoms with van der Waals surface area (Å²) in [5.41, 5.74) is 4.53. The number of nitrogens with one attached hydrogen (secondary N) is 1. The molecular weight excluding hydrogens is 256 g/mol. The van der Waals surface area contributed by atoms with Crippen LogP contribution < -0.4 is 5.32 Å². The number of aromatic nitrogens is 1. The van der Waals surface area contributed by atoms with Crippen LogP contribution in [0, 0.1) is 0 Å². The van der Waals surface area contributed by atoms with E-state index in [0.717, 1.165) is 19.6 Å². The Balaban J connectivity index is 1.65. The predicted molar refractivity (Wildman–Crippen MR) is 88.6 cm³/mol. The maximum absolute atomic E-state index is 3.47. The summed E-state index contributed by atoms with van der Waals surface area (Å²) in [4.78, 5) is 0. The van der Waals surface area contributed by atoms with Crippen molar-refractivity contribution >= 4 is 0 Å². The van der Waals surface area contributed by atoms with Gasteiger partial charge in [-0.2, -0.15) is 0 Å². The van der Waals surface area contributed by atoms with Crippen LogP contribution in [0.2, 0.25) is 0 Å². The summed E-state index contributed by atoms with van der Waals surface area (Å²) in [7, 11) is 0. The number of hydrogen-bond donors (Lipinski definition) is 1. The first-order chi connectivity index (χ1) is 10.4. The summed E-state index contributed by atoms with van der Waals surface area (Å²) >= 11 is 0. The van der Waals surface area contributed by atoms with Crippen LogP contribution in [-0.2, 0) is 19.5 Å². The van der Waals surface area contributed by atoms with Gasteiger partial charge in [-0.25, -0.2) is 0 Å². The lowest BCUT2D eigenvalue weighted by Crippen LogP contribution is -2.15. The molecular formula is C19H26N2. The van der Waals surface area contributed by atoms with Gasteiger partial charge in [-0.1, -0.05) is 31.2 Å². The molecule has 1 atom stereocenters. The van der Waals surface area contributed by atoms with Gasteiger partial charge in [-0.05, 0) is 55.0 Å². The van der Waals surface area contributed by atoms with Crippen LogP contribution in [0.25, 0.3) is 0 Å². The third kappa shape index (κ3) is 3.56. The number of fused-ring (bicyclic) bond motifs is 1. The molecule has 1 aromatic carbocycles. The van der Waals surface area contributed by atoms with E-state index in [1.54, 1.807) is 11.1 Å². The standard InChI is InChI=1S/C19H26N2/c1-2-11-20-13-16-10-12-21(14-16)15-18-8-5-7-17-6-3-4-9-19(17)18/h3-4,6,9-10,12,14,18,20H,2,5,7-8,11,13,15H2,1H3. The molecule has 0 aliphatic heterocycles. The lowest BCUT2D eigenvalue weighted by atomic mass is 9.83. The van der Waals surface area contributed by atoms with Gasteiger partial charge in [0.1, 0.15) is 0 Å². The largest absolute Gasteiger partial charge is 0.353 e. The molecule has 1 aromatic heterocycles. The molecule has 21 heavy (non-hydrogen) atoms. The summed E-state index contributed by atoms with van der Waals surface area (Å²) in [6, 6.07) is 11.2. The van der Waals surface area contributed by atoms with Gasteiger partial charge < -0.3 is 9.88 Å². The second kappa shape index (κ2) is 6.95. The van der Waals surface area contributed by atoms with Crippen molar-refractivity contribution in [2.24, 2.45) is 0 Å². The van der Waals surface area contributed by atoms with Crippen molar-refractivity contribution in [3.63, 3.8) is 0 Å². The van der Waals surface area contributed by atoms with E-state index in [1.165, 1.54) is 31.2 Å². The minimum absolute atomic E-state index is 0.679. The molecule has 1 aliphatic carbocycles. The van der Waals surface area contributed by atoms with Crippen LogP contribution in [0.3, 0.4) is 0 Å². The van der Waals surface area contributed by atoms with Gasteiger partial charge in [-0.15, -0.1) is 0 Å². The zero-order valence-corrected chi connectivity index (χ0v) is 13.0. The van der Waals surface area contributed by atoms with Crippen molar-refractivity contribution < 1.29 is 0 Å². The van der Waals surface area contributed by atoms with Gasteiger partial charge in [-0.3, -0.25) is 0 Å². The maximum atomic E-state index is 3.47. The Bertz CT molecular complexity index is 570. The molecule has 2 aromatic rings. The Morgan fingerprint density at radius 2 is 2.14 bits per heavy atom. The van der Waals surface area contributed by atoms with E-state index in [2.05, 4.69) is 59.5 Å². The van der Waals surface area contributed by atoms with Gasteiger partial charge in [0.05, 0.1) is 0 Å². The van der Waals surface area contributed by atoms with Crippen molar-refractivity contribution in [2.45, 2.75) is 51.6 Å². The highest BCUT2D eigenvalue weighted by Crippen LogP contribution is 2.32. The van der Waals surface area contributed by atoms with Crippen molar-refractivity contribution in [2.75, 3.05) is 6.54 Å². The topological polar surface area (TPSA) is 17.0 Å². The Morgan fingerprint density at radius 1 is 1.24 bits per heavy atom. The second-order valence-electron chi connectivity index (χ2n) is 6.18. The summed E-state index contributed by atoms with van der Waals surface area (Å²) in [6.45, 7) is 5.41. The monoisotopic (exact) mass is 282 g/mol. The summed E-state index contributed by atoms with van der Waals surface area (Å²) in [5.74, 6) is 0.679. The van der Waals surface area contributed by atoms with Gasteiger partial charge in [0.15, 0.2) is 0 Å². The van der Waals surface area contributed by atoms with E-state index in [4.69, 9.17) is 0 Å². The average molecular weight is 282 g/mol. The second-order valence-corrected chi connectivity index (χ2v) is 6.18. The van der Waals surface area contributed by atoms with Crippen LogP contribution in [0.15, 0.2) is 42.7 Å². The fourth-order valence-corrected chi connectivity index (χ4v) is 3.42. The molecule has 1 aliphatic rings. The number of aryl methyl sites for hydroxylation is 1. The van der Waals surface area contributed by atoms with E-state index >= 15 is 0 Å². The van der Waals surface area contributed by atoms with Crippen molar-refractivity contribution in [1.29, 1.82) is 0 Å². The molecule has 0 amide bonds. The first kappa shape index (κ1) is 14.4. The van der Waals surface area contributed by atoms with E-state index in [1.807, 2.05) is 0 Å². The highest BCUT2D eigenvalue weighted by molar-refractivity contribution is 5.32. The summed E-state index contributed by atoms with van der Waals surface area (Å²) < 4.78 is 2.37. The van der Waals surface area contributed by atoms with Gasteiger partial charge >= 0.3 is 0 Å². The number of rotatable bonds is 6. The van der Waals surface area contributed by atoms with Crippen LogP contribution in [0.1, 0.15) is 48.8 Å². The lowest BCUT2D eigenvalue weighted by molar-refractivity contribution is 0.483. The quantitative estimate of drug-likeness (QED) is 0.789. The molecule has 112 valence electrons. The third-order valence-corrected chi connectivity index (χ3v) is 4.49. The van der Waals surface area contributed by atoms with E-state index in [9.17, 15) is 0 Å². The summed E-state index contributed by atoms with van der Waals surface area (Å²) in [5, 5.41) is 3.47. The molecule has 1 heterocycles. The number of nitrogens with zero attached hydrogens (tertiary/aromatic N) is 1. The Hall–Kier alpha value is -1.54. The van der Waals surface area contributed by atoms with Gasteiger partial charge in [0.2, 0.25) is 0 Å². The smallest absolute Gasteiger partial charge is 0.0288 e. The van der Waals surface area contributed by atoms with Crippen LogP contribution in [0.5, 0.6) is 0 Å². The minimum Gasteiger partial charge on any atom is -0.353 e. The SMILES string of the molecule is CCCNCc1ccn(CC2CCCc3ccccc32)c1. The zero-order chi connectivity index (χ0) is 14.5. The van der Waals surface area contributed by atoms with Crippen LogP contribution in [0.4, 0.5) is 0 Å². The molecule has 0 saturated carbocycles. The Labute approximate surface area is 128 Å². The van der Waals surface area contributed by atoms with Crippen molar-refractivity contribution in [1.82, 2.24) is 9.88 Å². The zero-order valence-electron chi connectivity index (χ0n) is 13.0. The normalized spacial score (nSPS) is 17.7. The first-order valence-electron chi connectivity index (χ1n) is 8.30. The van der Waals surface area contributed by atoms with E-state index in [0.29, 0.717) is 5.92 Å². The molecule has 2 nitrogen and oxygen atoms in total. The molecule has 1 N–H and O–H groups in total. The number of benzene rings is 1. The van der Waals surface area contributed by atoms with Gasteiger partial charge in [0.25, 0.3) is 0 Å². The van der Waals surface area contributed by atoms with Gasteiger partial charge in [0, 0.05) is 31.4 Å². The fraction of sp³-hybridized carbons (Fsp3) is 0.474. The summed E-state index contributed by atoms with van der Waals surface area (Å²) in [6.07, 6.45) is 9.64. The molecule has 0 saturated heterocycles. The highest BCUT2D eigenvalue weighted by atomic mass is 14.9. The molecule has 3 rings (SSSR count). The van der Waals surface area contributed by atoms with E-state index in [-0.39, 0.29) is 0 Å². The highest BCUT2D eigenvalue weighted by Gasteiger charge is 2.19. The Morgan fingerprint density at radius 3 is 3.05 bits per heavy atom. The molecule has 1 unspecified atom stereocenters. The molecule has 0 fully saturated rings. The molecule has 0 radical (unpaired) electrons. The van der Waals surface area contributed by atoms with E-state index < -0.39 is 0 Å². The minimum atomic E-state index is 0.679. The van der Waals surface area contributed by atoms with Crippen LogP contribution in [-0.4, -0.2) is 11.1 Å². The Kier molecular flexibility index (Phi) is 4.76. The maximum Gasteiger partial charge on any atom is 0.0288 e. The molecule has 2 heteroatoms. The molecule has 0 bridgehead atoms. The van der Waals surface area contributed by atoms with Crippen molar-refractivity contribution in [3.05, 3.63) is 59.4 Å². The molecule has 0 spiro atoms. The van der Waals surface area contributed by atoms with Crippen molar-refractivity contribution in [3.8, 4) is 0 Å². The predicted octanol–water partition coefficient (Wildman–Crippen LogP) is 4.11.